The van der Waals surface area contributed by atoms with Crippen LogP contribution in [-0.4, -0.2) is 20.4 Å². The molecule has 1 N–H and O–H groups in total. The molecule has 0 unspecified atom stereocenters. The summed E-state index contributed by atoms with van der Waals surface area (Å²) in [6.45, 7) is 12.3. The number of hydrogen-bond donors (Lipinski definition) is 1. The Morgan fingerprint density at radius 1 is 1.35 bits per heavy atom. The molecule has 0 aromatic carbocycles. The van der Waals surface area contributed by atoms with Crippen molar-refractivity contribution >= 4 is 27.7 Å². The van der Waals surface area contributed by atoms with Gasteiger partial charge < -0.3 is 9.72 Å². The molecule has 0 bridgehead atoms. The molecule has 0 atom stereocenters. The van der Waals surface area contributed by atoms with Gasteiger partial charge in [0.1, 0.15) is 5.65 Å². The van der Waals surface area contributed by atoms with Crippen LogP contribution in [0.5, 0.6) is 0 Å². The maximum atomic E-state index is 4.55. The molecule has 4 nitrogen and oxygen atoms in total. The van der Waals surface area contributed by atoms with E-state index in [0.717, 1.165) is 37.9 Å². The summed E-state index contributed by atoms with van der Waals surface area (Å²) in [5.74, 6) is 0. The molecule has 3 aromatic heterocycles. The number of imidazole rings is 1. The Hall–Kier alpha value is -2.66. The van der Waals surface area contributed by atoms with Crippen molar-refractivity contribution in [3.63, 3.8) is 0 Å². The van der Waals surface area contributed by atoms with Crippen LogP contribution in [0.2, 0.25) is 0 Å². The van der Waals surface area contributed by atoms with E-state index in [-0.39, 0.29) is 0 Å². The monoisotopic (exact) mass is 364 g/mol. The van der Waals surface area contributed by atoms with Gasteiger partial charge in [0.05, 0.1) is 4.88 Å². The van der Waals surface area contributed by atoms with Gasteiger partial charge >= 0.3 is 0 Å². The first-order valence-corrected chi connectivity index (χ1v) is 9.51. The second-order valence-electron chi connectivity index (χ2n) is 6.43. The van der Waals surface area contributed by atoms with Crippen molar-refractivity contribution in [2.75, 3.05) is 5.32 Å². The van der Waals surface area contributed by atoms with Crippen molar-refractivity contribution in [1.82, 2.24) is 14.4 Å². The summed E-state index contributed by atoms with van der Waals surface area (Å²) in [4.78, 5) is 10.2. The van der Waals surface area contributed by atoms with Crippen LogP contribution in [0.1, 0.15) is 33.3 Å². The molecule has 0 saturated carbocycles. The van der Waals surface area contributed by atoms with E-state index in [1.165, 1.54) is 0 Å². The lowest BCUT2D eigenvalue weighted by Crippen LogP contribution is -2.08. The minimum absolute atomic E-state index is 0.361. The molecule has 0 fully saturated rings. The van der Waals surface area contributed by atoms with Gasteiger partial charge in [-0.25, -0.2) is 9.97 Å². The highest BCUT2D eigenvalue weighted by Gasteiger charge is 2.13. The minimum Gasteiger partial charge on any atom is -0.359 e. The van der Waals surface area contributed by atoms with E-state index in [2.05, 4.69) is 65.4 Å². The second kappa shape index (κ2) is 7.70. The van der Waals surface area contributed by atoms with Gasteiger partial charge in [-0.05, 0) is 44.9 Å². The summed E-state index contributed by atoms with van der Waals surface area (Å²) < 4.78 is 2.07. The smallest absolute Gasteiger partial charge is 0.183 e. The number of aromatic nitrogens is 3. The first-order chi connectivity index (χ1) is 12.5. The summed E-state index contributed by atoms with van der Waals surface area (Å²) in [6.07, 6.45) is 13.9. The SMILES string of the molecule is C=C/C(C)=C(\C=C/C)c1cc(-c2cnc(NC(C)C)s2)cn2ccnc12. The highest BCUT2D eigenvalue weighted by atomic mass is 32.1. The number of rotatable bonds is 6. The van der Waals surface area contributed by atoms with Crippen molar-refractivity contribution in [3.05, 3.63) is 66.8 Å². The Morgan fingerprint density at radius 2 is 2.15 bits per heavy atom. The predicted octanol–water partition coefficient (Wildman–Crippen LogP) is 5.81. The first-order valence-electron chi connectivity index (χ1n) is 8.69. The third-order valence-electron chi connectivity index (χ3n) is 4.04. The average Bonchev–Trinajstić information content (AvgIpc) is 3.26. The average molecular weight is 365 g/mol. The summed E-state index contributed by atoms with van der Waals surface area (Å²) in [6, 6.07) is 2.55. The van der Waals surface area contributed by atoms with Gasteiger partial charge in [0.2, 0.25) is 0 Å². The third kappa shape index (κ3) is 3.63. The number of allylic oxidation sites excluding steroid dienone is 5. The Kier molecular flexibility index (Phi) is 5.38. The lowest BCUT2D eigenvalue weighted by Gasteiger charge is -2.10. The van der Waals surface area contributed by atoms with Crippen LogP contribution in [0.3, 0.4) is 0 Å². The van der Waals surface area contributed by atoms with E-state index < -0.39 is 0 Å². The van der Waals surface area contributed by atoms with E-state index >= 15 is 0 Å². The van der Waals surface area contributed by atoms with E-state index in [1.807, 2.05) is 37.7 Å². The fourth-order valence-corrected chi connectivity index (χ4v) is 3.74. The molecule has 0 saturated heterocycles. The fraction of sp³-hybridized carbons (Fsp3) is 0.238. The van der Waals surface area contributed by atoms with Gasteiger partial charge in [0, 0.05) is 42.0 Å². The minimum atomic E-state index is 0.361. The van der Waals surface area contributed by atoms with Gasteiger partial charge in [0.25, 0.3) is 0 Å². The Balaban J connectivity index is 2.17. The van der Waals surface area contributed by atoms with Crippen LogP contribution in [0.25, 0.3) is 21.7 Å². The van der Waals surface area contributed by atoms with Crippen LogP contribution >= 0.6 is 11.3 Å². The van der Waals surface area contributed by atoms with Gasteiger partial charge in [0.15, 0.2) is 5.13 Å². The normalized spacial score (nSPS) is 12.8. The molecule has 26 heavy (non-hydrogen) atoms. The van der Waals surface area contributed by atoms with Crippen LogP contribution < -0.4 is 5.32 Å². The number of hydrogen-bond acceptors (Lipinski definition) is 4. The molecule has 3 heterocycles. The first kappa shape index (κ1) is 18.1. The van der Waals surface area contributed by atoms with E-state index in [0.29, 0.717) is 6.04 Å². The molecule has 0 aliphatic heterocycles. The van der Waals surface area contributed by atoms with Crippen molar-refractivity contribution in [2.24, 2.45) is 0 Å². The lowest BCUT2D eigenvalue weighted by atomic mass is 9.99. The fourth-order valence-electron chi connectivity index (χ4n) is 2.80. The number of thiazole rings is 1. The lowest BCUT2D eigenvalue weighted by molar-refractivity contribution is 0.896. The van der Waals surface area contributed by atoms with Crippen molar-refractivity contribution < 1.29 is 0 Å². The maximum Gasteiger partial charge on any atom is 0.183 e. The molecule has 0 amide bonds. The Labute approximate surface area is 158 Å². The third-order valence-corrected chi connectivity index (χ3v) is 5.02. The molecule has 0 radical (unpaired) electrons. The van der Waals surface area contributed by atoms with Gasteiger partial charge in [-0.15, -0.1) is 0 Å². The maximum absolute atomic E-state index is 4.55. The van der Waals surface area contributed by atoms with Crippen molar-refractivity contribution in [1.29, 1.82) is 0 Å². The largest absolute Gasteiger partial charge is 0.359 e. The molecular weight excluding hydrogens is 340 g/mol. The summed E-state index contributed by atoms with van der Waals surface area (Å²) in [7, 11) is 0. The molecule has 0 aliphatic carbocycles. The quantitative estimate of drug-likeness (QED) is 0.561. The zero-order chi connectivity index (χ0) is 18.7. The van der Waals surface area contributed by atoms with E-state index in [4.69, 9.17) is 0 Å². The number of anilines is 1. The van der Waals surface area contributed by atoms with Crippen LogP contribution in [-0.2, 0) is 0 Å². The van der Waals surface area contributed by atoms with Crippen LogP contribution in [0, 0.1) is 0 Å². The predicted molar refractivity (Wildman–Crippen MR) is 113 cm³/mol. The van der Waals surface area contributed by atoms with Crippen LogP contribution in [0.4, 0.5) is 5.13 Å². The number of nitrogens with zero attached hydrogens (tertiary/aromatic N) is 3. The molecule has 134 valence electrons. The van der Waals surface area contributed by atoms with Gasteiger partial charge in [-0.1, -0.05) is 36.1 Å². The number of pyridine rings is 1. The topological polar surface area (TPSA) is 42.2 Å². The van der Waals surface area contributed by atoms with Crippen molar-refractivity contribution in [3.8, 4) is 10.4 Å². The molecule has 3 rings (SSSR count). The van der Waals surface area contributed by atoms with E-state index in [9.17, 15) is 0 Å². The number of fused-ring (bicyclic) bond motifs is 1. The van der Waals surface area contributed by atoms with E-state index in [1.54, 1.807) is 11.3 Å². The molecule has 0 aliphatic rings. The van der Waals surface area contributed by atoms with Crippen molar-refractivity contribution in [2.45, 2.75) is 33.7 Å². The molecule has 3 aromatic rings. The Morgan fingerprint density at radius 3 is 2.85 bits per heavy atom. The van der Waals surface area contributed by atoms with Crippen LogP contribution in [0.15, 0.2) is 61.2 Å². The standard InChI is InChI=1S/C21H24N4S/c1-6-8-17(15(5)7-2)18-11-16(13-25-10-9-22-20(18)25)19-12-23-21(26-19)24-14(3)4/h6-14H,2H2,1,3-5H3,(H,23,24)/b8-6-,17-15+. The zero-order valence-corrected chi connectivity index (χ0v) is 16.5. The highest BCUT2D eigenvalue weighted by molar-refractivity contribution is 7.18. The summed E-state index contributed by atoms with van der Waals surface area (Å²) >= 11 is 1.66. The molecule has 5 heteroatoms. The zero-order valence-electron chi connectivity index (χ0n) is 15.7. The summed E-state index contributed by atoms with van der Waals surface area (Å²) in [5.41, 5.74) is 5.41. The Bertz CT molecular complexity index is 989. The molecular formula is C21H24N4S. The number of nitrogens with one attached hydrogen (secondary N) is 1. The highest BCUT2D eigenvalue weighted by Crippen LogP contribution is 2.33. The molecule has 0 spiro atoms. The van der Waals surface area contributed by atoms with Gasteiger partial charge in [-0.3, -0.25) is 0 Å². The second-order valence-corrected chi connectivity index (χ2v) is 7.46. The summed E-state index contributed by atoms with van der Waals surface area (Å²) in [5, 5.41) is 4.31. The van der Waals surface area contributed by atoms with Gasteiger partial charge in [-0.2, -0.15) is 0 Å².